The highest BCUT2D eigenvalue weighted by atomic mass is 16.4. The van der Waals surface area contributed by atoms with E-state index < -0.39 is 17.8 Å². The van der Waals surface area contributed by atoms with Crippen molar-refractivity contribution < 1.29 is 19.5 Å². The van der Waals surface area contributed by atoms with Crippen LogP contribution in [0.25, 0.3) is 0 Å². The molecule has 1 aliphatic carbocycles. The van der Waals surface area contributed by atoms with Crippen LogP contribution in [0.4, 0.5) is 5.69 Å². The highest BCUT2D eigenvalue weighted by molar-refractivity contribution is 6.04. The number of carbonyl (C=O) groups is 3. The summed E-state index contributed by atoms with van der Waals surface area (Å²) >= 11 is 0. The van der Waals surface area contributed by atoms with E-state index in [1.807, 2.05) is 19.9 Å². The van der Waals surface area contributed by atoms with Gasteiger partial charge < -0.3 is 15.7 Å². The number of para-hydroxylation sites is 1. The molecule has 0 aromatic heterocycles. The Morgan fingerprint density at radius 3 is 2.33 bits per heavy atom. The van der Waals surface area contributed by atoms with Crippen molar-refractivity contribution in [1.29, 1.82) is 0 Å². The van der Waals surface area contributed by atoms with Gasteiger partial charge in [0.2, 0.25) is 5.91 Å². The smallest absolute Gasteiger partial charge is 0.307 e. The molecule has 3 N–H and O–H groups in total. The Balaban J connectivity index is 2.18. The van der Waals surface area contributed by atoms with E-state index in [0.717, 1.165) is 0 Å². The molecule has 0 saturated carbocycles. The maximum atomic E-state index is 12.5. The summed E-state index contributed by atoms with van der Waals surface area (Å²) in [5.41, 5.74) is 0.747. The van der Waals surface area contributed by atoms with Crippen LogP contribution in [0, 0.1) is 11.8 Å². The number of carboxylic acid groups (broad SMARTS) is 1. The molecule has 24 heavy (non-hydrogen) atoms. The van der Waals surface area contributed by atoms with Gasteiger partial charge in [-0.2, -0.15) is 0 Å². The monoisotopic (exact) mass is 330 g/mol. The minimum atomic E-state index is -0.981. The van der Waals surface area contributed by atoms with Crippen molar-refractivity contribution in [2.45, 2.75) is 32.7 Å². The minimum absolute atomic E-state index is 0.0267. The topological polar surface area (TPSA) is 95.5 Å². The highest BCUT2D eigenvalue weighted by Crippen LogP contribution is 2.28. The second-order valence-electron chi connectivity index (χ2n) is 6.16. The number of anilines is 1. The molecule has 128 valence electrons. The van der Waals surface area contributed by atoms with E-state index in [4.69, 9.17) is 0 Å². The molecular weight excluding hydrogens is 308 g/mol. The lowest BCUT2D eigenvalue weighted by Gasteiger charge is -2.24. The molecule has 1 aliphatic rings. The van der Waals surface area contributed by atoms with Gasteiger partial charge in [-0.05, 0) is 38.8 Å². The van der Waals surface area contributed by atoms with E-state index in [-0.39, 0.29) is 17.9 Å². The van der Waals surface area contributed by atoms with Crippen molar-refractivity contribution >= 4 is 23.5 Å². The minimum Gasteiger partial charge on any atom is -0.481 e. The zero-order chi connectivity index (χ0) is 17.7. The number of hydrogen-bond acceptors (Lipinski definition) is 3. The number of benzene rings is 1. The molecule has 0 bridgehead atoms. The first kappa shape index (κ1) is 17.7. The molecule has 0 unspecified atom stereocenters. The highest BCUT2D eigenvalue weighted by Gasteiger charge is 2.34. The molecule has 6 heteroatoms. The van der Waals surface area contributed by atoms with Crippen LogP contribution in [-0.2, 0) is 9.59 Å². The van der Waals surface area contributed by atoms with E-state index in [2.05, 4.69) is 10.6 Å². The van der Waals surface area contributed by atoms with Crippen molar-refractivity contribution in [1.82, 2.24) is 5.32 Å². The molecule has 0 aliphatic heterocycles. The fourth-order valence-electron chi connectivity index (χ4n) is 2.73. The van der Waals surface area contributed by atoms with E-state index in [0.29, 0.717) is 24.1 Å². The number of rotatable bonds is 5. The van der Waals surface area contributed by atoms with Gasteiger partial charge in [0.05, 0.1) is 23.1 Å². The summed E-state index contributed by atoms with van der Waals surface area (Å²) in [5.74, 6) is -3.03. The Kier molecular flexibility index (Phi) is 5.73. The van der Waals surface area contributed by atoms with E-state index >= 15 is 0 Å². The van der Waals surface area contributed by atoms with Crippen LogP contribution < -0.4 is 10.6 Å². The maximum Gasteiger partial charge on any atom is 0.307 e. The average molecular weight is 330 g/mol. The van der Waals surface area contributed by atoms with E-state index in [9.17, 15) is 19.5 Å². The zero-order valence-electron chi connectivity index (χ0n) is 13.8. The van der Waals surface area contributed by atoms with Crippen molar-refractivity contribution in [2.75, 3.05) is 5.32 Å². The lowest BCUT2D eigenvalue weighted by atomic mass is 9.82. The number of carbonyl (C=O) groups excluding carboxylic acids is 2. The van der Waals surface area contributed by atoms with Crippen LogP contribution in [-0.4, -0.2) is 28.9 Å². The average Bonchev–Trinajstić information content (AvgIpc) is 2.54. The molecule has 2 rings (SSSR count). The fraction of sp³-hybridized carbons (Fsp3) is 0.389. The van der Waals surface area contributed by atoms with E-state index in [1.165, 1.54) is 0 Å². The lowest BCUT2D eigenvalue weighted by molar-refractivity contribution is -0.146. The number of allylic oxidation sites excluding steroid dienone is 2. The molecule has 0 radical (unpaired) electrons. The van der Waals surface area contributed by atoms with Gasteiger partial charge in [-0.15, -0.1) is 0 Å². The SMILES string of the molecule is CC(C)NC(=O)c1ccccc1NC(=O)[C@@H]1CC=CC[C@H]1C(=O)O. The third kappa shape index (κ3) is 4.22. The quantitative estimate of drug-likeness (QED) is 0.723. The van der Waals surface area contributed by atoms with Gasteiger partial charge in [-0.25, -0.2) is 0 Å². The van der Waals surface area contributed by atoms with Crippen LogP contribution in [0.1, 0.15) is 37.0 Å². The first-order chi connectivity index (χ1) is 11.4. The number of amides is 2. The summed E-state index contributed by atoms with van der Waals surface area (Å²) in [7, 11) is 0. The molecule has 2 atom stereocenters. The summed E-state index contributed by atoms with van der Waals surface area (Å²) < 4.78 is 0. The van der Waals surface area contributed by atoms with Crippen LogP contribution in [0.5, 0.6) is 0 Å². The number of carboxylic acids is 1. The Labute approximate surface area is 140 Å². The van der Waals surface area contributed by atoms with Gasteiger partial charge in [-0.1, -0.05) is 24.3 Å². The van der Waals surface area contributed by atoms with Gasteiger partial charge in [0.1, 0.15) is 0 Å². The Bertz CT molecular complexity index is 667. The van der Waals surface area contributed by atoms with Crippen LogP contribution in [0.15, 0.2) is 36.4 Å². The largest absolute Gasteiger partial charge is 0.481 e. The number of nitrogens with one attached hydrogen (secondary N) is 2. The van der Waals surface area contributed by atoms with Crippen LogP contribution >= 0.6 is 0 Å². The van der Waals surface area contributed by atoms with Gasteiger partial charge in [0, 0.05) is 6.04 Å². The third-order valence-electron chi connectivity index (χ3n) is 3.94. The predicted molar refractivity (Wildman–Crippen MR) is 90.7 cm³/mol. The van der Waals surface area contributed by atoms with Gasteiger partial charge in [-0.3, -0.25) is 14.4 Å². The molecule has 0 fully saturated rings. The number of hydrogen-bond donors (Lipinski definition) is 3. The van der Waals surface area contributed by atoms with Gasteiger partial charge in [0.15, 0.2) is 0 Å². The second kappa shape index (κ2) is 7.77. The number of aliphatic carboxylic acids is 1. The zero-order valence-corrected chi connectivity index (χ0v) is 13.8. The molecule has 2 amide bonds. The van der Waals surface area contributed by atoms with Crippen molar-refractivity contribution in [3.63, 3.8) is 0 Å². The summed E-state index contributed by atoms with van der Waals surface area (Å²) in [6.45, 7) is 3.70. The van der Waals surface area contributed by atoms with E-state index in [1.54, 1.807) is 30.3 Å². The first-order valence-electron chi connectivity index (χ1n) is 7.98. The molecule has 1 aromatic carbocycles. The Morgan fingerprint density at radius 1 is 1.08 bits per heavy atom. The van der Waals surface area contributed by atoms with Crippen LogP contribution in [0.2, 0.25) is 0 Å². The first-order valence-corrected chi connectivity index (χ1v) is 7.98. The molecular formula is C18H22N2O4. The second-order valence-corrected chi connectivity index (χ2v) is 6.16. The maximum absolute atomic E-state index is 12.5. The summed E-state index contributed by atoms with van der Waals surface area (Å²) in [4.78, 5) is 36.1. The summed E-state index contributed by atoms with van der Waals surface area (Å²) in [5, 5.41) is 14.8. The van der Waals surface area contributed by atoms with Gasteiger partial charge in [0.25, 0.3) is 5.91 Å². The third-order valence-corrected chi connectivity index (χ3v) is 3.94. The molecule has 6 nitrogen and oxygen atoms in total. The Morgan fingerprint density at radius 2 is 1.71 bits per heavy atom. The summed E-state index contributed by atoms with van der Waals surface area (Å²) in [6, 6.07) is 6.68. The molecule has 0 spiro atoms. The fourth-order valence-corrected chi connectivity index (χ4v) is 2.73. The normalized spacial score (nSPS) is 19.8. The lowest BCUT2D eigenvalue weighted by Crippen LogP contribution is -2.35. The molecule has 0 heterocycles. The Hall–Kier alpha value is -2.63. The summed E-state index contributed by atoms with van der Waals surface area (Å²) in [6.07, 6.45) is 4.32. The molecule has 1 aromatic rings. The molecule has 0 saturated heterocycles. The van der Waals surface area contributed by atoms with Gasteiger partial charge >= 0.3 is 5.97 Å². The van der Waals surface area contributed by atoms with Crippen molar-refractivity contribution in [3.8, 4) is 0 Å². The standard InChI is InChI=1S/C18H22N2O4/c1-11(2)19-17(22)14-9-5-6-10-15(14)20-16(21)12-7-3-4-8-13(12)18(23)24/h3-6,9-13H,7-8H2,1-2H3,(H,19,22)(H,20,21)(H,23,24)/t12-,13-/m1/s1. The van der Waals surface area contributed by atoms with Crippen molar-refractivity contribution in [3.05, 3.63) is 42.0 Å². The van der Waals surface area contributed by atoms with Crippen LogP contribution in [0.3, 0.4) is 0 Å². The van der Waals surface area contributed by atoms with Crippen molar-refractivity contribution in [2.24, 2.45) is 11.8 Å². The predicted octanol–water partition coefficient (Wildman–Crippen LogP) is 2.43.